The van der Waals surface area contributed by atoms with E-state index in [1.54, 1.807) is 0 Å². The smallest absolute Gasteiger partial charge is 0.119 e. The Morgan fingerprint density at radius 3 is 2.16 bits per heavy atom. The Morgan fingerprint density at radius 2 is 1.53 bits per heavy atom. The van der Waals surface area contributed by atoms with Gasteiger partial charge in [-0.15, -0.1) is 0 Å². The average molecular weight is 255 g/mol. The average Bonchev–Trinajstić information content (AvgIpc) is 2.48. The first kappa shape index (κ1) is 13.6. The van der Waals surface area contributed by atoms with Crippen molar-refractivity contribution in [3.8, 4) is 5.75 Å². The Kier molecular flexibility index (Phi) is 5.45. The number of hydrogen-bond acceptors (Lipinski definition) is 2. The lowest BCUT2D eigenvalue weighted by atomic mass is 9.97. The van der Waals surface area contributed by atoms with Crippen LogP contribution in [0.1, 0.15) is 12.0 Å². The summed E-state index contributed by atoms with van der Waals surface area (Å²) < 4.78 is 5.72. The van der Waals surface area contributed by atoms with Crippen LogP contribution in [-0.2, 0) is 6.42 Å². The third-order valence-electron chi connectivity index (χ3n) is 3.24. The molecule has 100 valence electrons. The summed E-state index contributed by atoms with van der Waals surface area (Å²) in [6.45, 7) is 1.42. The number of para-hydroxylation sites is 1. The standard InChI is InChI=1S/C17H21NO/c18-14-16(13-15-7-3-1-4-8-15)11-12-19-17-9-5-2-6-10-17/h1-10,16H,11-14,18H2. The van der Waals surface area contributed by atoms with Gasteiger partial charge in [0.25, 0.3) is 0 Å². The molecular formula is C17H21NO. The maximum absolute atomic E-state index is 5.84. The van der Waals surface area contributed by atoms with E-state index < -0.39 is 0 Å². The van der Waals surface area contributed by atoms with Crippen LogP contribution in [0.15, 0.2) is 60.7 Å². The Hall–Kier alpha value is -1.80. The van der Waals surface area contributed by atoms with Crippen molar-refractivity contribution in [3.63, 3.8) is 0 Å². The molecule has 0 radical (unpaired) electrons. The number of nitrogens with two attached hydrogens (primary N) is 1. The van der Waals surface area contributed by atoms with Crippen molar-refractivity contribution in [2.24, 2.45) is 11.7 Å². The highest BCUT2D eigenvalue weighted by Gasteiger charge is 2.08. The maximum atomic E-state index is 5.84. The number of ether oxygens (including phenoxy) is 1. The van der Waals surface area contributed by atoms with Gasteiger partial charge in [0.15, 0.2) is 0 Å². The third-order valence-corrected chi connectivity index (χ3v) is 3.24. The summed E-state index contributed by atoms with van der Waals surface area (Å²) in [6, 6.07) is 20.4. The minimum atomic E-state index is 0.478. The Bertz CT molecular complexity index is 455. The van der Waals surface area contributed by atoms with E-state index in [4.69, 9.17) is 10.5 Å². The molecule has 1 unspecified atom stereocenters. The van der Waals surface area contributed by atoms with Crippen LogP contribution in [0.25, 0.3) is 0 Å². The SMILES string of the molecule is NCC(CCOc1ccccc1)Cc1ccccc1. The van der Waals surface area contributed by atoms with Crippen LogP contribution >= 0.6 is 0 Å². The molecule has 0 aliphatic rings. The fourth-order valence-corrected chi connectivity index (χ4v) is 2.11. The maximum Gasteiger partial charge on any atom is 0.119 e. The normalized spacial score (nSPS) is 12.1. The second kappa shape index (κ2) is 7.59. The van der Waals surface area contributed by atoms with Crippen LogP contribution in [0.3, 0.4) is 0 Å². The molecule has 0 heterocycles. The lowest BCUT2D eigenvalue weighted by Crippen LogP contribution is -2.19. The van der Waals surface area contributed by atoms with E-state index >= 15 is 0 Å². The highest BCUT2D eigenvalue weighted by Crippen LogP contribution is 2.13. The van der Waals surface area contributed by atoms with Gasteiger partial charge in [0.05, 0.1) is 6.61 Å². The second-order valence-corrected chi connectivity index (χ2v) is 4.74. The van der Waals surface area contributed by atoms with Crippen molar-refractivity contribution >= 4 is 0 Å². The Morgan fingerprint density at radius 1 is 0.895 bits per heavy atom. The third kappa shape index (κ3) is 4.76. The van der Waals surface area contributed by atoms with Gasteiger partial charge in [-0.2, -0.15) is 0 Å². The summed E-state index contributed by atoms with van der Waals surface area (Å²) >= 11 is 0. The molecule has 2 heteroatoms. The van der Waals surface area contributed by atoms with E-state index in [2.05, 4.69) is 24.3 Å². The molecule has 0 fully saturated rings. The van der Waals surface area contributed by atoms with E-state index in [9.17, 15) is 0 Å². The molecule has 2 rings (SSSR count). The van der Waals surface area contributed by atoms with Crippen molar-refractivity contribution < 1.29 is 4.74 Å². The van der Waals surface area contributed by atoms with Gasteiger partial charge in [0.1, 0.15) is 5.75 Å². The van der Waals surface area contributed by atoms with Crippen molar-refractivity contribution in [1.82, 2.24) is 0 Å². The zero-order valence-electron chi connectivity index (χ0n) is 11.2. The summed E-state index contributed by atoms with van der Waals surface area (Å²) in [5.41, 5.74) is 7.19. The van der Waals surface area contributed by atoms with Crippen molar-refractivity contribution in [3.05, 3.63) is 66.2 Å². The van der Waals surface area contributed by atoms with E-state index in [0.29, 0.717) is 12.5 Å². The van der Waals surface area contributed by atoms with Crippen LogP contribution in [0.4, 0.5) is 0 Å². The van der Waals surface area contributed by atoms with Gasteiger partial charge in [-0.05, 0) is 43.0 Å². The zero-order valence-corrected chi connectivity index (χ0v) is 11.2. The lowest BCUT2D eigenvalue weighted by Gasteiger charge is -2.15. The summed E-state index contributed by atoms with van der Waals surface area (Å²) in [4.78, 5) is 0. The molecule has 0 spiro atoms. The summed E-state index contributed by atoms with van der Waals surface area (Å²) in [5, 5.41) is 0. The van der Waals surface area contributed by atoms with Crippen LogP contribution in [0, 0.1) is 5.92 Å². The molecule has 0 aromatic heterocycles. The fourth-order valence-electron chi connectivity index (χ4n) is 2.11. The summed E-state index contributed by atoms with van der Waals surface area (Å²) in [7, 11) is 0. The van der Waals surface area contributed by atoms with Crippen molar-refractivity contribution in [1.29, 1.82) is 0 Å². The monoisotopic (exact) mass is 255 g/mol. The zero-order chi connectivity index (χ0) is 13.3. The van der Waals surface area contributed by atoms with Gasteiger partial charge in [0.2, 0.25) is 0 Å². The van der Waals surface area contributed by atoms with Crippen LogP contribution in [0.5, 0.6) is 5.75 Å². The highest BCUT2D eigenvalue weighted by molar-refractivity contribution is 5.20. The minimum absolute atomic E-state index is 0.478. The molecule has 2 nitrogen and oxygen atoms in total. The topological polar surface area (TPSA) is 35.2 Å². The predicted molar refractivity (Wildman–Crippen MR) is 79.2 cm³/mol. The highest BCUT2D eigenvalue weighted by atomic mass is 16.5. The fraction of sp³-hybridized carbons (Fsp3) is 0.294. The number of rotatable bonds is 7. The molecule has 0 aliphatic carbocycles. The van der Waals surface area contributed by atoms with E-state index in [0.717, 1.165) is 25.2 Å². The number of benzene rings is 2. The van der Waals surface area contributed by atoms with E-state index in [1.165, 1.54) is 5.56 Å². The Labute approximate surface area is 115 Å². The molecule has 0 bridgehead atoms. The van der Waals surface area contributed by atoms with E-state index in [1.807, 2.05) is 36.4 Å². The van der Waals surface area contributed by atoms with E-state index in [-0.39, 0.29) is 0 Å². The van der Waals surface area contributed by atoms with Crippen LogP contribution < -0.4 is 10.5 Å². The minimum Gasteiger partial charge on any atom is -0.494 e. The second-order valence-electron chi connectivity index (χ2n) is 4.74. The van der Waals surface area contributed by atoms with Gasteiger partial charge < -0.3 is 10.5 Å². The van der Waals surface area contributed by atoms with Crippen LogP contribution in [0.2, 0.25) is 0 Å². The molecule has 2 N–H and O–H groups in total. The first-order chi connectivity index (χ1) is 9.38. The molecule has 0 aliphatic heterocycles. The molecule has 0 saturated heterocycles. The van der Waals surface area contributed by atoms with Gasteiger partial charge >= 0.3 is 0 Å². The molecule has 2 aromatic rings. The first-order valence-electron chi connectivity index (χ1n) is 6.80. The van der Waals surface area contributed by atoms with Crippen molar-refractivity contribution in [2.75, 3.05) is 13.2 Å². The largest absolute Gasteiger partial charge is 0.494 e. The summed E-state index contributed by atoms with van der Waals surface area (Å²) in [5.74, 6) is 1.41. The van der Waals surface area contributed by atoms with Gasteiger partial charge in [-0.3, -0.25) is 0 Å². The molecule has 19 heavy (non-hydrogen) atoms. The molecule has 0 saturated carbocycles. The van der Waals surface area contributed by atoms with Crippen LogP contribution in [-0.4, -0.2) is 13.2 Å². The van der Waals surface area contributed by atoms with Gasteiger partial charge in [-0.1, -0.05) is 48.5 Å². The number of hydrogen-bond donors (Lipinski definition) is 1. The molecule has 1 atom stereocenters. The van der Waals surface area contributed by atoms with Gasteiger partial charge in [0, 0.05) is 0 Å². The predicted octanol–water partition coefficient (Wildman–Crippen LogP) is 3.27. The summed E-state index contributed by atoms with van der Waals surface area (Å²) in [6.07, 6.45) is 2.01. The Balaban J connectivity index is 1.77. The molecule has 0 amide bonds. The molecular weight excluding hydrogens is 234 g/mol. The lowest BCUT2D eigenvalue weighted by molar-refractivity contribution is 0.279. The first-order valence-corrected chi connectivity index (χ1v) is 6.80. The molecule has 2 aromatic carbocycles. The quantitative estimate of drug-likeness (QED) is 0.824. The van der Waals surface area contributed by atoms with Crippen molar-refractivity contribution in [2.45, 2.75) is 12.8 Å². The van der Waals surface area contributed by atoms with Gasteiger partial charge in [-0.25, -0.2) is 0 Å².